The van der Waals surface area contributed by atoms with Gasteiger partial charge in [0.05, 0.1) is 10.6 Å². The van der Waals surface area contributed by atoms with Crippen LogP contribution in [0.1, 0.15) is 5.69 Å². The SMILES string of the molecule is Cc1csc(=O)n1CC(=O)Nc1nc(-c2ccccc2)c(-c2ccccc2)s1. The highest BCUT2D eigenvalue weighted by molar-refractivity contribution is 7.19. The standard InChI is InChI=1S/C21H17N3O2S2/c1-14-13-27-21(26)24(14)12-17(25)22-20-23-18(15-8-4-2-5-9-15)19(28-20)16-10-6-3-7-11-16/h2-11,13H,12H2,1H3,(H,22,23,25). The number of rotatable bonds is 5. The molecule has 0 radical (unpaired) electrons. The van der Waals surface area contributed by atoms with Gasteiger partial charge in [-0.25, -0.2) is 4.98 Å². The van der Waals surface area contributed by atoms with Crippen LogP contribution in [0.5, 0.6) is 0 Å². The number of thiazole rings is 2. The molecule has 5 nitrogen and oxygen atoms in total. The summed E-state index contributed by atoms with van der Waals surface area (Å²) < 4.78 is 1.46. The first-order valence-corrected chi connectivity index (χ1v) is 10.4. The molecule has 140 valence electrons. The Hall–Kier alpha value is -3.03. The number of benzene rings is 2. The Bertz CT molecular complexity index is 1100. The predicted molar refractivity (Wildman–Crippen MR) is 115 cm³/mol. The largest absolute Gasteiger partial charge is 0.307 e. The van der Waals surface area contributed by atoms with Crippen molar-refractivity contribution in [2.24, 2.45) is 0 Å². The van der Waals surface area contributed by atoms with Crippen molar-refractivity contribution in [2.75, 3.05) is 5.32 Å². The van der Waals surface area contributed by atoms with Gasteiger partial charge >= 0.3 is 4.87 Å². The average Bonchev–Trinajstić information content (AvgIpc) is 3.28. The van der Waals surface area contributed by atoms with Crippen LogP contribution < -0.4 is 10.2 Å². The van der Waals surface area contributed by atoms with E-state index in [0.717, 1.165) is 38.7 Å². The van der Waals surface area contributed by atoms with Crippen LogP contribution >= 0.6 is 22.7 Å². The molecule has 2 heterocycles. The number of nitrogens with zero attached hydrogens (tertiary/aromatic N) is 2. The van der Waals surface area contributed by atoms with Crippen molar-refractivity contribution in [3.05, 3.63) is 81.4 Å². The Morgan fingerprint density at radius 2 is 1.68 bits per heavy atom. The number of hydrogen-bond acceptors (Lipinski definition) is 5. The topological polar surface area (TPSA) is 64.0 Å². The van der Waals surface area contributed by atoms with Crippen LogP contribution in [0, 0.1) is 6.92 Å². The van der Waals surface area contributed by atoms with Gasteiger partial charge in [0.1, 0.15) is 6.54 Å². The van der Waals surface area contributed by atoms with Crippen LogP contribution in [-0.4, -0.2) is 15.5 Å². The summed E-state index contributed by atoms with van der Waals surface area (Å²) in [7, 11) is 0. The summed E-state index contributed by atoms with van der Waals surface area (Å²) in [6.45, 7) is 1.80. The summed E-state index contributed by atoms with van der Waals surface area (Å²) in [4.78, 5) is 29.9. The summed E-state index contributed by atoms with van der Waals surface area (Å²) in [6.07, 6.45) is 0. The number of hydrogen-bond donors (Lipinski definition) is 1. The summed E-state index contributed by atoms with van der Waals surface area (Å²) in [5.74, 6) is -0.267. The first kappa shape index (κ1) is 18.3. The molecule has 0 unspecified atom stereocenters. The summed E-state index contributed by atoms with van der Waals surface area (Å²) in [6, 6.07) is 19.9. The van der Waals surface area contributed by atoms with Crippen LogP contribution in [0.15, 0.2) is 70.8 Å². The first-order valence-electron chi connectivity index (χ1n) is 8.68. The lowest BCUT2D eigenvalue weighted by Crippen LogP contribution is -2.25. The van der Waals surface area contributed by atoms with Crippen LogP contribution in [0.4, 0.5) is 5.13 Å². The molecular weight excluding hydrogens is 390 g/mol. The fourth-order valence-electron chi connectivity index (χ4n) is 2.85. The Morgan fingerprint density at radius 3 is 2.29 bits per heavy atom. The molecule has 0 saturated carbocycles. The second-order valence-electron chi connectivity index (χ2n) is 6.21. The lowest BCUT2D eigenvalue weighted by Gasteiger charge is -2.04. The highest BCUT2D eigenvalue weighted by atomic mass is 32.1. The third kappa shape index (κ3) is 3.81. The Kier molecular flexibility index (Phi) is 5.18. The van der Waals surface area contributed by atoms with Crippen molar-refractivity contribution in [3.63, 3.8) is 0 Å². The van der Waals surface area contributed by atoms with E-state index in [-0.39, 0.29) is 17.3 Å². The minimum atomic E-state index is -0.267. The molecule has 0 bridgehead atoms. The monoisotopic (exact) mass is 407 g/mol. The smallest absolute Gasteiger partial charge is 0.300 e. The normalized spacial score (nSPS) is 10.8. The van der Waals surface area contributed by atoms with Gasteiger partial charge in [-0.15, -0.1) is 0 Å². The second kappa shape index (κ2) is 7.92. The number of nitrogens with one attached hydrogen (secondary N) is 1. The summed E-state index contributed by atoms with van der Waals surface area (Å²) in [5, 5.41) is 5.12. The molecule has 0 aliphatic rings. The minimum Gasteiger partial charge on any atom is -0.300 e. The van der Waals surface area contributed by atoms with Crippen molar-refractivity contribution < 1.29 is 4.79 Å². The third-order valence-electron chi connectivity index (χ3n) is 4.23. The van der Waals surface area contributed by atoms with E-state index in [1.54, 1.807) is 5.38 Å². The molecule has 4 rings (SSSR count). The van der Waals surface area contributed by atoms with Crippen molar-refractivity contribution in [2.45, 2.75) is 13.5 Å². The highest BCUT2D eigenvalue weighted by Crippen LogP contribution is 2.38. The minimum absolute atomic E-state index is 0.0188. The quantitative estimate of drug-likeness (QED) is 0.524. The van der Waals surface area contributed by atoms with Crippen LogP contribution in [-0.2, 0) is 11.3 Å². The van der Waals surface area contributed by atoms with E-state index in [9.17, 15) is 9.59 Å². The summed E-state index contributed by atoms with van der Waals surface area (Å²) >= 11 is 2.52. The molecule has 0 aliphatic carbocycles. The number of amides is 1. The molecule has 0 spiro atoms. The Labute approximate surface area is 170 Å². The molecule has 2 aromatic carbocycles. The van der Waals surface area contributed by atoms with E-state index in [1.165, 1.54) is 15.9 Å². The maximum Gasteiger partial charge on any atom is 0.307 e. The van der Waals surface area contributed by atoms with Gasteiger partial charge in [-0.3, -0.25) is 14.2 Å². The van der Waals surface area contributed by atoms with Gasteiger partial charge in [-0.1, -0.05) is 83.3 Å². The van der Waals surface area contributed by atoms with E-state index in [4.69, 9.17) is 0 Å². The number of anilines is 1. The van der Waals surface area contributed by atoms with Gasteiger partial charge in [0.25, 0.3) is 0 Å². The Balaban J connectivity index is 1.66. The van der Waals surface area contributed by atoms with Crippen LogP contribution in [0.25, 0.3) is 21.7 Å². The van der Waals surface area contributed by atoms with Gasteiger partial charge in [0.2, 0.25) is 5.91 Å². The number of aromatic nitrogens is 2. The molecule has 4 aromatic rings. The molecule has 7 heteroatoms. The first-order chi connectivity index (χ1) is 13.6. The van der Waals surface area contributed by atoms with Crippen LogP contribution in [0.2, 0.25) is 0 Å². The van der Waals surface area contributed by atoms with Crippen molar-refractivity contribution in [3.8, 4) is 21.7 Å². The van der Waals surface area contributed by atoms with E-state index >= 15 is 0 Å². The predicted octanol–water partition coefficient (Wildman–Crippen LogP) is 4.65. The van der Waals surface area contributed by atoms with E-state index < -0.39 is 0 Å². The molecule has 28 heavy (non-hydrogen) atoms. The number of carbonyl (C=O) groups is 1. The van der Waals surface area contributed by atoms with Gasteiger partial charge < -0.3 is 5.32 Å². The lowest BCUT2D eigenvalue weighted by atomic mass is 10.1. The van der Waals surface area contributed by atoms with Gasteiger partial charge in [0, 0.05) is 16.6 Å². The highest BCUT2D eigenvalue weighted by Gasteiger charge is 2.17. The molecule has 0 saturated heterocycles. The molecular formula is C21H17N3O2S2. The number of aryl methyl sites for hydroxylation is 1. The zero-order valence-corrected chi connectivity index (χ0v) is 16.7. The molecule has 1 amide bonds. The van der Waals surface area contributed by atoms with Crippen molar-refractivity contribution in [1.82, 2.24) is 9.55 Å². The zero-order valence-electron chi connectivity index (χ0n) is 15.1. The average molecular weight is 408 g/mol. The van der Waals surface area contributed by atoms with E-state index in [1.807, 2.05) is 67.6 Å². The lowest BCUT2D eigenvalue weighted by molar-refractivity contribution is -0.116. The third-order valence-corrected chi connectivity index (χ3v) is 6.14. The van der Waals surface area contributed by atoms with Gasteiger partial charge in [0.15, 0.2) is 5.13 Å². The summed E-state index contributed by atoms with van der Waals surface area (Å²) in [5.41, 5.74) is 3.64. The maximum absolute atomic E-state index is 12.5. The molecule has 0 aliphatic heterocycles. The van der Waals surface area contributed by atoms with E-state index in [2.05, 4.69) is 10.3 Å². The Morgan fingerprint density at radius 1 is 1.04 bits per heavy atom. The zero-order chi connectivity index (χ0) is 19.5. The van der Waals surface area contributed by atoms with Gasteiger partial charge in [-0.05, 0) is 12.5 Å². The fourth-order valence-corrected chi connectivity index (χ4v) is 4.59. The fraction of sp³-hybridized carbons (Fsp3) is 0.0952. The second-order valence-corrected chi connectivity index (χ2v) is 8.03. The van der Waals surface area contributed by atoms with Crippen molar-refractivity contribution in [1.29, 1.82) is 0 Å². The van der Waals surface area contributed by atoms with Crippen molar-refractivity contribution >= 4 is 33.7 Å². The van der Waals surface area contributed by atoms with E-state index in [0.29, 0.717) is 5.13 Å². The molecule has 0 atom stereocenters. The van der Waals surface area contributed by atoms with Gasteiger partial charge in [-0.2, -0.15) is 0 Å². The number of carbonyl (C=O) groups excluding carboxylic acids is 1. The maximum atomic E-state index is 12.5. The molecule has 0 fully saturated rings. The molecule has 1 N–H and O–H groups in total. The molecule has 2 aromatic heterocycles. The van der Waals surface area contributed by atoms with Crippen LogP contribution in [0.3, 0.4) is 0 Å².